The Morgan fingerprint density at radius 1 is 1.41 bits per heavy atom. The molecule has 0 radical (unpaired) electrons. The molecule has 0 amide bonds. The fourth-order valence-electron chi connectivity index (χ4n) is 1.96. The van der Waals surface area contributed by atoms with Gasteiger partial charge in [-0.2, -0.15) is 5.10 Å². The van der Waals surface area contributed by atoms with Crippen LogP contribution in [0.3, 0.4) is 0 Å². The summed E-state index contributed by atoms with van der Waals surface area (Å²) in [6.07, 6.45) is 8.52. The summed E-state index contributed by atoms with van der Waals surface area (Å²) in [5, 5.41) is 5.51. The van der Waals surface area contributed by atoms with Crippen LogP contribution < -0.4 is 0 Å². The van der Waals surface area contributed by atoms with E-state index < -0.39 is 0 Å². The molecule has 0 saturated heterocycles. The highest BCUT2D eigenvalue weighted by Gasteiger charge is 2.22. The molecule has 0 unspecified atom stereocenters. The number of aromatic nitrogens is 3. The molecule has 2 aromatic rings. The lowest BCUT2D eigenvalue weighted by atomic mass is 10.1. The second kappa shape index (κ2) is 4.61. The highest BCUT2D eigenvalue weighted by atomic mass is 79.9. The third-order valence-electron chi connectivity index (χ3n) is 3.06. The zero-order chi connectivity index (χ0) is 11.7. The van der Waals surface area contributed by atoms with Gasteiger partial charge in [0, 0.05) is 41.6 Å². The maximum absolute atomic E-state index is 4.68. The first-order valence-electron chi connectivity index (χ1n) is 5.89. The molecule has 1 saturated carbocycles. The minimum absolute atomic E-state index is 0.835. The predicted octanol–water partition coefficient (Wildman–Crippen LogP) is 3.25. The van der Waals surface area contributed by atoms with Gasteiger partial charge in [-0.15, -0.1) is 0 Å². The van der Waals surface area contributed by atoms with E-state index in [1.807, 2.05) is 12.3 Å². The number of halogens is 1. The molecule has 4 heteroatoms. The minimum atomic E-state index is 0.835. The summed E-state index contributed by atoms with van der Waals surface area (Å²) in [5.74, 6) is 0.847. The van der Waals surface area contributed by atoms with E-state index in [0.29, 0.717) is 0 Å². The number of nitrogens with zero attached hydrogens (tertiary/aromatic N) is 3. The van der Waals surface area contributed by atoms with E-state index in [2.05, 4.69) is 43.0 Å². The standard InChI is InChI=1S/C13H14BrN3/c14-6-12-9-17(8-10-3-4-10)16-13(12)11-2-1-5-15-7-11/h1-2,5,7,9-10H,3-4,6,8H2. The molecular weight excluding hydrogens is 278 g/mol. The molecule has 3 nitrogen and oxygen atoms in total. The van der Waals surface area contributed by atoms with Gasteiger partial charge in [-0.3, -0.25) is 9.67 Å². The average Bonchev–Trinajstić information content (AvgIpc) is 3.08. The second-order valence-corrected chi connectivity index (χ2v) is 5.10. The van der Waals surface area contributed by atoms with Crippen molar-refractivity contribution in [2.45, 2.75) is 24.7 Å². The van der Waals surface area contributed by atoms with Crippen LogP contribution in [-0.2, 0) is 11.9 Å². The number of alkyl halides is 1. The molecule has 2 aromatic heterocycles. The zero-order valence-corrected chi connectivity index (χ0v) is 11.1. The van der Waals surface area contributed by atoms with E-state index in [4.69, 9.17) is 0 Å². The van der Waals surface area contributed by atoms with Crippen LogP contribution in [0.4, 0.5) is 0 Å². The van der Waals surface area contributed by atoms with E-state index in [9.17, 15) is 0 Å². The molecule has 0 N–H and O–H groups in total. The largest absolute Gasteiger partial charge is 0.272 e. The summed E-state index contributed by atoms with van der Waals surface area (Å²) < 4.78 is 2.08. The van der Waals surface area contributed by atoms with Gasteiger partial charge in [0.15, 0.2) is 0 Å². The van der Waals surface area contributed by atoms with Gasteiger partial charge < -0.3 is 0 Å². The van der Waals surface area contributed by atoms with Crippen molar-refractivity contribution in [1.82, 2.24) is 14.8 Å². The van der Waals surface area contributed by atoms with Gasteiger partial charge in [-0.05, 0) is 30.9 Å². The van der Waals surface area contributed by atoms with E-state index in [0.717, 1.165) is 29.1 Å². The summed E-state index contributed by atoms with van der Waals surface area (Å²) in [5.41, 5.74) is 3.38. The topological polar surface area (TPSA) is 30.7 Å². The van der Waals surface area contributed by atoms with E-state index in [-0.39, 0.29) is 0 Å². The molecule has 1 fully saturated rings. The van der Waals surface area contributed by atoms with Crippen molar-refractivity contribution in [3.05, 3.63) is 36.3 Å². The molecule has 1 aliphatic rings. The molecule has 2 heterocycles. The van der Waals surface area contributed by atoms with E-state index >= 15 is 0 Å². The highest BCUT2D eigenvalue weighted by molar-refractivity contribution is 9.08. The molecule has 0 spiro atoms. The van der Waals surface area contributed by atoms with Crippen LogP contribution in [0.25, 0.3) is 11.3 Å². The summed E-state index contributed by atoms with van der Waals surface area (Å²) in [4.78, 5) is 4.15. The number of hydrogen-bond donors (Lipinski definition) is 0. The second-order valence-electron chi connectivity index (χ2n) is 4.54. The smallest absolute Gasteiger partial charge is 0.0979 e. The Kier molecular flexibility index (Phi) is 2.97. The summed E-state index contributed by atoms with van der Waals surface area (Å²) in [6, 6.07) is 4.01. The molecule has 0 aromatic carbocycles. The Balaban J connectivity index is 1.94. The molecule has 1 aliphatic carbocycles. The van der Waals surface area contributed by atoms with Crippen LogP contribution in [0.15, 0.2) is 30.7 Å². The molecule has 0 atom stereocenters. The first-order chi connectivity index (χ1) is 8.36. The maximum atomic E-state index is 4.68. The Morgan fingerprint density at radius 2 is 2.29 bits per heavy atom. The lowest BCUT2D eigenvalue weighted by Crippen LogP contribution is -2.00. The van der Waals surface area contributed by atoms with Crippen molar-refractivity contribution in [2.24, 2.45) is 5.92 Å². The van der Waals surface area contributed by atoms with Crippen molar-refractivity contribution in [3.8, 4) is 11.3 Å². The van der Waals surface area contributed by atoms with Crippen LogP contribution in [-0.4, -0.2) is 14.8 Å². The van der Waals surface area contributed by atoms with Crippen LogP contribution in [0.5, 0.6) is 0 Å². The molecule has 0 bridgehead atoms. The average molecular weight is 292 g/mol. The predicted molar refractivity (Wildman–Crippen MR) is 70.8 cm³/mol. The Morgan fingerprint density at radius 3 is 2.94 bits per heavy atom. The van der Waals surface area contributed by atoms with Gasteiger partial charge in [0.1, 0.15) is 0 Å². The van der Waals surface area contributed by atoms with E-state index in [1.54, 1.807) is 6.20 Å². The molecule has 88 valence electrons. The van der Waals surface area contributed by atoms with Gasteiger partial charge in [0.2, 0.25) is 0 Å². The Hall–Kier alpha value is -1.16. The normalized spacial score (nSPS) is 15.1. The third-order valence-corrected chi connectivity index (χ3v) is 3.66. The zero-order valence-electron chi connectivity index (χ0n) is 9.51. The van der Waals surface area contributed by atoms with Gasteiger partial charge in [0.25, 0.3) is 0 Å². The molecule has 3 rings (SSSR count). The first kappa shape index (κ1) is 11.0. The fourth-order valence-corrected chi connectivity index (χ4v) is 2.38. The monoisotopic (exact) mass is 291 g/mol. The van der Waals surface area contributed by atoms with Crippen LogP contribution in [0.2, 0.25) is 0 Å². The summed E-state index contributed by atoms with van der Waals surface area (Å²) in [7, 11) is 0. The first-order valence-corrected chi connectivity index (χ1v) is 7.01. The SMILES string of the molecule is BrCc1cn(CC2CC2)nc1-c1cccnc1. The van der Waals surface area contributed by atoms with Crippen molar-refractivity contribution in [2.75, 3.05) is 0 Å². The van der Waals surface area contributed by atoms with Gasteiger partial charge in [0.05, 0.1) is 5.69 Å². The van der Waals surface area contributed by atoms with Crippen LogP contribution in [0, 0.1) is 5.92 Å². The van der Waals surface area contributed by atoms with Crippen molar-refractivity contribution in [3.63, 3.8) is 0 Å². The van der Waals surface area contributed by atoms with Crippen LogP contribution >= 0.6 is 15.9 Å². The molecule has 17 heavy (non-hydrogen) atoms. The molecule has 0 aliphatic heterocycles. The quantitative estimate of drug-likeness (QED) is 0.810. The van der Waals surface area contributed by atoms with Crippen molar-refractivity contribution in [1.29, 1.82) is 0 Å². The Bertz CT molecular complexity index is 503. The number of rotatable bonds is 4. The Labute approximate surface area is 109 Å². The third kappa shape index (κ3) is 2.41. The fraction of sp³-hybridized carbons (Fsp3) is 0.385. The minimum Gasteiger partial charge on any atom is -0.272 e. The number of hydrogen-bond acceptors (Lipinski definition) is 2. The molecular formula is C13H14BrN3. The lowest BCUT2D eigenvalue weighted by Gasteiger charge is -1.98. The van der Waals surface area contributed by atoms with Gasteiger partial charge >= 0.3 is 0 Å². The van der Waals surface area contributed by atoms with Gasteiger partial charge in [-0.1, -0.05) is 15.9 Å². The summed E-state index contributed by atoms with van der Waals surface area (Å²) in [6.45, 7) is 1.06. The summed E-state index contributed by atoms with van der Waals surface area (Å²) >= 11 is 3.53. The van der Waals surface area contributed by atoms with Crippen LogP contribution in [0.1, 0.15) is 18.4 Å². The van der Waals surface area contributed by atoms with E-state index in [1.165, 1.54) is 18.4 Å². The maximum Gasteiger partial charge on any atom is 0.0979 e. The number of pyridine rings is 1. The van der Waals surface area contributed by atoms with Crippen molar-refractivity contribution >= 4 is 15.9 Å². The highest BCUT2D eigenvalue weighted by Crippen LogP contribution is 2.31. The lowest BCUT2D eigenvalue weighted by molar-refractivity contribution is 0.564. The van der Waals surface area contributed by atoms with Crippen molar-refractivity contribution < 1.29 is 0 Å². The van der Waals surface area contributed by atoms with Gasteiger partial charge in [-0.25, -0.2) is 0 Å².